The Morgan fingerprint density at radius 1 is 1.37 bits per heavy atom. The summed E-state index contributed by atoms with van der Waals surface area (Å²) in [4.78, 5) is 15.5. The van der Waals surface area contributed by atoms with Crippen molar-refractivity contribution >= 4 is 33.1 Å². The van der Waals surface area contributed by atoms with E-state index in [1.165, 1.54) is 34.2 Å². The van der Waals surface area contributed by atoms with Crippen LogP contribution in [0.25, 0.3) is 15.8 Å². The van der Waals surface area contributed by atoms with E-state index < -0.39 is 12.3 Å². The highest BCUT2D eigenvalue weighted by atomic mass is 32.1. The number of benzene rings is 1. The Labute approximate surface area is 155 Å². The molecule has 0 aliphatic heterocycles. The first-order valence-electron chi connectivity index (χ1n) is 7.66. The second-order valence-corrected chi connectivity index (χ2v) is 6.94. The molecule has 0 amide bonds. The van der Waals surface area contributed by atoms with Gasteiger partial charge in [-0.05, 0) is 37.6 Å². The summed E-state index contributed by atoms with van der Waals surface area (Å²) in [7, 11) is 0. The van der Waals surface area contributed by atoms with Crippen molar-refractivity contribution in [3.8, 4) is 5.75 Å². The van der Waals surface area contributed by atoms with Crippen LogP contribution >= 0.6 is 11.3 Å². The number of nitrogens with zero attached hydrogens (tertiary/aromatic N) is 3. The van der Waals surface area contributed by atoms with Gasteiger partial charge in [0.15, 0.2) is 5.69 Å². The molecular formula is C17H14F3N3O3S. The minimum absolute atomic E-state index is 0.0457. The number of hydrogen-bond donors (Lipinski definition) is 1. The molecule has 0 aliphatic carbocycles. The van der Waals surface area contributed by atoms with E-state index in [1.807, 2.05) is 0 Å². The quantitative estimate of drug-likeness (QED) is 0.687. The summed E-state index contributed by atoms with van der Waals surface area (Å²) in [5.74, 6) is -1.56. The van der Waals surface area contributed by atoms with Gasteiger partial charge in [-0.3, -0.25) is 4.68 Å². The van der Waals surface area contributed by atoms with Crippen LogP contribution in [0.5, 0.6) is 5.75 Å². The van der Waals surface area contributed by atoms with E-state index >= 15 is 0 Å². The van der Waals surface area contributed by atoms with Crippen LogP contribution in [0.1, 0.15) is 33.7 Å². The predicted octanol–water partition coefficient (Wildman–Crippen LogP) is 4.48. The third-order valence-corrected chi connectivity index (χ3v) is 4.83. The smallest absolute Gasteiger partial charge is 0.476 e. The fourth-order valence-corrected chi connectivity index (χ4v) is 3.47. The molecule has 2 heterocycles. The molecule has 0 fully saturated rings. The van der Waals surface area contributed by atoms with Gasteiger partial charge >= 0.3 is 12.3 Å². The van der Waals surface area contributed by atoms with E-state index in [9.17, 15) is 18.0 Å². The van der Waals surface area contributed by atoms with Gasteiger partial charge in [0.2, 0.25) is 0 Å². The topological polar surface area (TPSA) is 77.2 Å². The number of rotatable bonds is 5. The van der Waals surface area contributed by atoms with Crippen LogP contribution in [0.2, 0.25) is 0 Å². The van der Waals surface area contributed by atoms with Crippen LogP contribution in [-0.4, -0.2) is 32.2 Å². The van der Waals surface area contributed by atoms with Crippen molar-refractivity contribution in [2.24, 2.45) is 0 Å². The zero-order valence-corrected chi connectivity index (χ0v) is 15.1. The molecule has 0 radical (unpaired) electrons. The van der Waals surface area contributed by atoms with Gasteiger partial charge in [-0.25, -0.2) is 9.78 Å². The molecule has 0 unspecified atom stereocenters. The Kier molecular flexibility index (Phi) is 4.68. The van der Waals surface area contributed by atoms with Gasteiger partial charge in [-0.1, -0.05) is 6.58 Å². The standard InChI is InChI=1S/C17H14F3N3O3S/c1-8(2)15-21-14-10(7-23-9(3)4-12(22-23)16(24)25)5-11(6-13(14)27-15)26-17(18,19)20/h4-6H,1,7H2,2-3H3,(H,24,25). The van der Waals surface area contributed by atoms with Gasteiger partial charge in [0.25, 0.3) is 0 Å². The summed E-state index contributed by atoms with van der Waals surface area (Å²) in [5, 5.41) is 13.6. The fourth-order valence-electron chi connectivity index (χ4n) is 2.50. The van der Waals surface area contributed by atoms with Crippen LogP contribution in [0.15, 0.2) is 24.8 Å². The Morgan fingerprint density at radius 3 is 2.63 bits per heavy atom. The number of allylic oxidation sites excluding steroid dienone is 1. The van der Waals surface area contributed by atoms with Crippen molar-refractivity contribution in [2.75, 3.05) is 0 Å². The highest BCUT2D eigenvalue weighted by Gasteiger charge is 2.31. The maximum atomic E-state index is 12.7. The lowest BCUT2D eigenvalue weighted by Gasteiger charge is -2.11. The Bertz CT molecular complexity index is 1050. The number of aromatic nitrogens is 3. The number of fused-ring (bicyclic) bond motifs is 1. The molecule has 142 valence electrons. The van der Waals surface area contributed by atoms with Crippen molar-refractivity contribution in [2.45, 2.75) is 26.8 Å². The number of alkyl halides is 3. The first-order valence-corrected chi connectivity index (χ1v) is 8.48. The van der Waals surface area contributed by atoms with Crippen LogP contribution in [-0.2, 0) is 6.54 Å². The van der Waals surface area contributed by atoms with E-state index in [0.717, 1.165) is 0 Å². The number of aromatic carboxylic acids is 1. The highest BCUT2D eigenvalue weighted by Crippen LogP contribution is 2.34. The highest BCUT2D eigenvalue weighted by molar-refractivity contribution is 7.19. The molecule has 1 aromatic carbocycles. The SMILES string of the molecule is C=C(C)c1nc2c(Cn3nc(C(=O)O)cc3C)cc(OC(F)(F)F)cc2s1. The molecule has 3 rings (SSSR count). The number of ether oxygens (including phenoxy) is 1. The molecule has 2 aromatic heterocycles. The Hall–Kier alpha value is -2.88. The molecule has 1 N–H and O–H groups in total. The molecule has 0 atom stereocenters. The van der Waals surface area contributed by atoms with Gasteiger partial charge in [0, 0.05) is 11.3 Å². The lowest BCUT2D eigenvalue weighted by atomic mass is 10.2. The third kappa shape index (κ3) is 4.11. The zero-order valence-electron chi connectivity index (χ0n) is 14.3. The number of hydrogen-bond acceptors (Lipinski definition) is 5. The molecule has 0 spiro atoms. The van der Waals surface area contributed by atoms with Crippen molar-refractivity contribution in [3.63, 3.8) is 0 Å². The minimum Gasteiger partial charge on any atom is -0.476 e. The molecule has 3 aromatic rings. The van der Waals surface area contributed by atoms with Crippen LogP contribution in [0, 0.1) is 6.92 Å². The monoisotopic (exact) mass is 397 g/mol. The van der Waals surface area contributed by atoms with E-state index in [1.54, 1.807) is 13.8 Å². The second kappa shape index (κ2) is 6.69. The van der Waals surface area contributed by atoms with Crippen molar-refractivity contribution < 1.29 is 27.8 Å². The lowest BCUT2D eigenvalue weighted by Crippen LogP contribution is -2.17. The fraction of sp³-hybridized carbons (Fsp3) is 0.235. The average Bonchev–Trinajstić information content (AvgIpc) is 3.10. The Morgan fingerprint density at radius 2 is 2.07 bits per heavy atom. The number of carboxylic acids is 1. The number of carbonyl (C=O) groups is 1. The summed E-state index contributed by atoms with van der Waals surface area (Å²) >= 11 is 1.20. The van der Waals surface area contributed by atoms with Crippen LogP contribution in [0.4, 0.5) is 13.2 Å². The lowest BCUT2D eigenvalue weighted by molar-refractivity contribution is -0.274. The zero-order chi connectivity index (χ0) is 19.9. The maximum absolute atomic E-state index is 12.7. The van der Waals surface area contributed by atoms with Crippen molar-refractivity contribution in [3.05, 3.63) is 46.7 Å². The minimum atomic E-state index is -4.83. The molecular weight excluding hydrogens is 383 g/mol. The van der Waals surface area contributed by atoms with Crippen LogP contribution in [0.3, 0.4) is 0 Å². The molecule has 0 saturated heterocycles. The molecule has 0 aliphatic rings. The van der Waals surface area contributed by atoms with E-state index in [-0.39, 0.29) is 18.0 Å². The van der Waals surface area contributed by atoms with Crippen molar-refractivity contribution in [1.82, 2.24) is 14.8 Å². The van der Waals surface area contributed by atoms with Crippen LogP contribution < -0.4 is 4.74 Å². The normalized spacial score (nSPS) is 11.7. The second-order valence-electron chi connectivity index (χ2n) is 5.91. The number of aryl methyl sites for hydroxylation is 1. The van der Waals surface area contributed by atoms with Gasteiger partial charge in [0.1, 0.15) is 10.8 Å². The first-order chi connectivity index (χ1) is 12.5. The average molecular weight is 397 g/mol. The third-order valence-electron chi connectivity index (χ3n) is 3.67. The maximum Gasteiger partial charge on any atom is 0.573 e. The summed E-state index contributed by atoms with van der Waals surface area (Å²) in [6.07, 6.45) is -4.83. The molecule has 27 heavy (non-hydrogen) atoms. The number of thiazole rings is 1. The molecule has 6 nitrogen and oxygen atoms in total. The van der Waals surface area contributed by atoms with Gasteiger partial charge in [-0.15, -0.1) is 24.5 Å². The van der Waals surface area contributed by atoms with Gasteiger partial charge in [0.05, 0.1) is 16.8 Å². The Balaban J connectivity index is 2.11. The van der Waals surface area contributed by atoms with E-state index in [4.69, 9.17) is 5.11 Å². The summed E-state index contributed by atoms with van der Waals surface area (Å²) in [5.41, 5.74) is 2.02. The summed E-state index contributed by atoms with van der Waals surface area (Å²) < 4.78 is 43.9. The predicted molar refractivity (Wildman–Crippen MR) is 94.0 cm³/mol. The van der Waals surface area contributed by atoms with Gasteiger partial charge in [-0.2, -0.15) is 5.10 Å². The summed E-state index contributed by atoms with van der Waals surface area (Å²) in [6, 6.07) is 3.89. The first kappa shape index (κ1) is 18.9. The van der Waals surface area contributed by atoms with Gasteiger partial charge < -0.3 is 9.84 Å². The van der Waals surface area contributed by atoms with E-state index in [0.29, 0.717) is 32.1 Å². The van der Waals surface area contributed by atoms with E-state index in [2.05, 4.69) is 21.4 Å². The number of halogens is 3. The molecule has 10 heteroatoms. The number of carboxylic acid groups (broad SMARTS) is 1. The molecule has 0 saturated carbocycles. The van der Waals surface area contributed by atoms with Crippen molar-refractivity contribution in [1.29, 1.82) is 0 Å². The summed E-state index contributed by atoms with van der Waals surface area (Å²) in [6.45, 7) is 7.26. The largest absolute Gasteiger partial charge is 0.573 e. The molecule has 0 bridgehead atoms.